The summed E-state index contributed by atoms with van der Waals surface area (Å²) in [7, 11) is 0. The summed E-state index contributed by atoms with van der Waals surface area (Å²) in [5.41, 5.74) is 0.664. The van der Waals surface area contributed by atoms with Gasteiger partial charge < -0.3 is 0 Å². The van der Waals surface area contributed by atoms with Crippen LogP contribution in [0.25, 0.3) is 0 Å². The van der Waals surface area contributed by atoms with Crippen LogP contribution in [0.2, 0.25) is 0 Å². The lowest BCUT2D eigenvalue weighted by molar-refractivity contribution is 0.145. The second kappa shape index (κ2) is 3.95. The van der Waals surface area contributed by atoms with Crippen molar-refractivity contribution in [3.05, 3.63) is 25.5 Å². The lowest BCUT2D eigenvalue weighted by Gasteiger charge is -2.06. The molecule has 1 aromatic heterocycles. The number of hydrogen-bond donors (Lipinski definition) is 0. The van der Waals surface area contributed by atoms with Gasteiger partial charge in [0.05, 0.1) is 0 Å². The first-order valence-corrected chi connectivity index (χ1v) is 5.00. The number of hydrogen-bond acceptors (Lipinski definition) is 1. The summed E-state index contributed by atoms with van der Waals surface area (Å²) in [6.07, 6.45) is -1.09. The number of alkyl halides is 2. The number of aromatic nitrogens is 1. The van der Waals surface area contributed by atoms with Crippen molar-refractivity contribution in [1.82, 2.24) is 4.98 Å². The summed E-state index contributed by atoms with van der Waals surface area (Å²) in [6, 6.07) is 0. The van der Waals surface area contributed by atoms with E-state index >= 15 is 0 Å². The van der Waals surface area contributed by atoms with E-state index in [1.54, 1.807) is 6.92 Å². The molecule has 1 aromatic rings. The fourth-order valence-corrected chi connectivity index (χ4v) is 2.07. The van der Waals surface area contributed by atoms with Crippen LogP contribution in [0.15, 0.2) is 10.7 Å². The molecule has 0 saturated heterocycles. The summed E-state index contributed by atoms with van der Waals surface area (Å²) in [5, 5.41) is 0. The van der Waals surface area contributed by atoms with Gasteiger partial charge in [-0.15, -0.1) is 0 Å². The average Bonchev–Trinajstić information content (AvgIpc) is 2.00. The molecule has 0 spiro atoms. The van der Waals surface area contributed by atoms with Crippen molar-refractivity contribution in [3.63, 3.8) is 0 Å². The van der Waals surface area contributed by atoms with Gasteiger partial charge in [-0.2, -0.15) is 0 Å². The topological polar surface area (TPSA) is 12.9 Å². The van der Waals surface area contributed by atoms with Gasteiger partial charge in [-0.25, -0.2) is 8.78 Å². The molecule has 12 heavy (non-hydrogen) atoms. The van der Waals surface area contributed by atoms with Gasteiger partial charge in [0.15, 0.2) is 0 Å². The van der Waals surface area contributed by atoms with E-state index in [-0.39, 0.29) is 5.69 Å². The smallest absolute Gasteiger partial charge is 0.253 e. The van der Waals surface area contributed by atoms with Crippen molar-refractivity contribution in [1.29, 1.82) is 0 Å². The molecule has 1 heterocycles. The maximum absolute atomic E-state index is 12.3. The van der Waals surface area contributed by atoms with Crippen molar-refractivity contribution in [3.8, 4) is 0 Å². The molecule has 0 N–H and O–H groups in total. The monoisotopic (exact) mass is 347 g/mol. The molecule has 0 bridgehead atoms. The predicted molar refractivity (Wildman–Crippen MR) is 54.3 cm³/mol. The van der Waals surface area contributed by atoms with Gasteiger partial charge in [0.25, 0.3) is 6.43 Å². The van der Waals surface area contributed by atoms with Gasteiger partial charge in [-0.3, -0.25) is 4.98 Å². The Morgan fingerprint density at radius 3 is 2.67 bits per heavy atom. The van der Waals surface area contributed by atoms with E-state index in [1.165, 1.54) is 6.20 Å². The summed E-state index contributed by atoms with van der Waals surface area (Å²) in [4.78, 5) is 3.63. The van der Waals surface area contributed by atoms with Crippen LogP contribution in [0.3, 0.4) is 0 Å². The predicted octanol–water partition coefficient (Wildman–Crippen LogP) is 3.69. The minimum atomic E-state index is -2.50. The summed E-state index contributed by atoms with van der Waals surface area (Å²) in [6.45, 7) is 1.78. The Kier molecular flexibility index (Phi) is 3.39. The summed E-state index contributed by atoms with van der Waals surface area (Å²) in [5.74, 6) is 0. The molecule has 0 aliphatic heterocycles. The summed E-state index contributed by atoms with van der Waals surface area (Å²) >= 11 is 5.09. The Morgan fingerprint density at radius 1 is 1.58 bits per heavy atom. The molecule has 66 valence electrons. The molecular formula is C7H5BrF2IN. The van der Waals surface area contributed by atoms with Crippen LogP contribution in [-0.4, -0.2) is 4.98 Å². The molecule has 0 fully saturated rings. The van der Waals surface area contributed by atoms with Crippen LogP contribution in [0.5, 0.6) is 0 Å². The Balaban J connectivity index is 3.27. The SMILES string of the molecule is Cc1c(Br)cnc(C(F)F)c1I. The van der Waals surface area contributed by atoms with E-state index in [0.29, 0.717) is 3.57 Å². The zero-order chi connectivity index (χ0) is 9.30. The zero-order valence-electron chi connectivity index (χ0n) is 6.11. The first-order valence-electron chi connectivity index (χ1n) is 3.12. The normalized spacial score (nSPS) is 10.8. The molecule has 0 aromatic carbocycles. The van der Waals surface area contributed by atoms with E-state index in [9.17, 15) is 8.78 Å². The van der Waals surface area contributed by atoms with Crippen molar-refractivity contribution in [2.45, 2.75) is 13.3 Å². The highest BCUT2D eigenvalue weighted by atomic mass is 127. The van der Waals surface area contributed by atoms with Crippen LogP contribution in [-0.2, 0) is 0 Å². The lowest BCUT2D eigenvalue weighted by Crippen LogP contribution is -1.97. The highest BCUT2D eigenvalue weighted by Crippen LogP contribution is 2.28. The van der Waals surface area contributed by atoms with E-state index in [1.807, 2.05) is 22.6 Å². The number of pyridine rings is 1. The highest BCUT2D eigenvalue weighted by molar-refractivity contribution is 14.1. The number of rotatable bonds is 1. The maximum Gasteiger partial charge on any atom is 0.281 e. The third-order valence-electron chi connectivity index (χ3n) is 1.44. The molecule has 5 heteroatoms. The fourth-order valence-electron chi connectivity index (χ4n) is 0.729. The van der Waals surface area contributed by atoms with Gasteiger partial charge in [0.1, 0.15) is 5.69 Å². The van der Waals surface area contributed by atoms with Gasteiger partial charge in [0.2, 0.25) is 0 Å². The lowest BCUT2D eigenvalue weighted by atomic mass is 10.2. The number of halogens is 4. The van der Waals surface area contributed by atoms with Crippen LogP contribution in [0, 0.1) is 10.5 Å². The third-order valence-corrected chi connectivity index (χ3v) is 3.60. The molecule has 0 aliphatic carbocycles. The second-order valence-corrected chi connectivity index (χ2v) is 4.16. The summed E-state index contributed by atoms with van der Waals surface area (Å²) < 4.78 is 25.8. The average molecular weight is 348 g/mol. The molecule has 0 atom stereocenters. The number of nitrogens with zero attached hydrogens (tertiary/aromatic N) is 1. The Hall–Kier alpha value is 0.220. The van der Waals surface area contributed by atoms with Crippen LogP contribution in [0.4, 0.5) is 8.78 Å². The minimum absolute atomic E-state index is 0.142. The Morgan fingerprint density at radius 2 is 2.17 bits per heavy atom. The highest BCUT2D eigenvalue weighted by Gasteiger charge is 2.15. The standard InChI is InChI=1S/C7H5BrF2IN/c1-3-4(8)2-12-6(5(3)11)7(9)10/h2,7H,1H3. The van der Waals surface area contributed by atoms with Crippen LogP contribution >= 0.6 is 38.5 Å². The molecule has 1 nitrogen and oxygen atoms in total. The Bertz CT molecular complexity index is 304. The second-order valence-electron chi connectivity index (χ2n) is 2.23. The van der Waals surface area contributed by atoms with Crippen molar-refractivity contribution < 1.29 is 8.78 Å². The molecule has 1 rings (SSSR count). The van der Waals surface area contributed by atoms with Gasteiger partial charge in [-0.05, 0) is 51.0 Å². The van der Waals surface area contributed by atoms with Crippen molar-refractivity contribution in [2.24, 2.45) is 0 Å². The zero-order valence-corrected chi connectivity index (χ0v) is 9.86. The first-order chi connectivity index (χ1) is 5.54. The molecule has 0 unspecified atom stereocenters. The van der Waals surface area contributed by atoms with E-state index < -0.39 is 6.43 Å². The molecule has 0 aliphatic rings. The van der Waals surface area contributed by atoms with Crippen molar-refractivity contribution >= 4 is 38.5 Å². The van der Waals surface area contributed by atoms with E-state index in [2.05, 4.69) is 20.9 Å². The Labute approximate surface area is 90.8 Å². The molecule has 0 radical (unpaired) electrons. The third kappa shape index (κ3) is 1.93. The van der Waals surface area contributed by atoms with Gasteiger partial charge in [-0.1, -0.05) is 0 Å². The minimum Gasteiger partial charge on any atom is -0.253 e. The van der Waals surface area contributed by atoms with E-state index in [0.717, 1.165) is 10.0 Å². The van der Waals surface area contributed by atoms with Gasteiger partial charge in [0, 0.05) is 14.2 Å². The molecule has 0 amide bonds. The van der Waals surface area contributed by atoms with Crippen LogP contribution < -0.4 is 0 Å². The quantitative estimate of drug-likeness (QED) is 0.706. The molecular weight excluding hydrogens is 343 g/mol. The first kappa shape index (κ1) is 10.3. The van der Waals surface area contributed by atoms with E-state index in [4.69, 9.17) is 0 Å². The largest absolute Gasteiger partial charge is 0.281 e. The fraction of sp³-hybridized carbons (Fsp3) is 0.286. The van der Waals surface area contributed by atoms with Gasteiger partial charge >= 0.3 is 0 Å². The van der Waals surface area contributed by atoms with Crippen LogP contribution in [0.1, 0.15) is 17.7 Å². The molecule has 0 saturated carbocycles. The maximum atomic E-state index is 12.3. The van der Waals surface area contributed by atoms with Crippen molar-refractivity contribution in [2.75, 3.05) is 0 Å².